The number of rotatable bonds is 6. The Labute approximate surface area is 150 Å². The van der Waals surface area contributed by atoms with Crippen molar-refractivity contribution >= 4 is 12.9 Å². The standard InChI is InChI=1S/C19H27BN2O3/c1-17(2,23)14-11-21-16(22-12-14)13-8-7-9-15(10-13)20-25-19(5,6)18(3,4)24/h7-12,20,23-24H,1-6H3. The maximum Gasteiger partial charge on any atom is 0.309 e. The first-order valence-corrected chi connectivity index (χ1v) is 8.41. The highest BCUT2D eigenvalue weighted by Gasteiger charge is 2.35. The van der Waals surface area contributed by atoms with Crippen LogP contribution in [-0.2, 0) is 10.3 Å². The van der Waals surface area contributed by atoms with Crippen LogP contribution >= 0.6 is 0 Å². The SMILES string of the molecule is CC(C)(O)c1cnc(-c2cccc(BOC(C)(C)C(C)(C)O)c2)nc1. The van der Waals surface area contributed by atoms with Crippen LogP contribution < -0.4 is 5.46 Å². The van der Waals surface area contributed by atoms with Gasteiger partial charge in [-0.15, -0.1) is 0 Å². The summed E-state index contributed by atoms with van der Waals surface area (Å²) >= 11 is 0. The maximum absolute atomic E-state index is 10.2. The summed E-state index contributed by atoms with van der Waals surface area (Å²) in [4.78, 5) is 8.71. The van der Waals surface area contributed by atoms with Gasteiger partial charge in [0.15, 0.2) is 5.82 Å². The third-order valence-electron chi connectivity index (χ3n) is 4.62. The van der Waals surface area contributed by atoms with E-state index in [2.05, 4.69) is 9.97 Å². The number of aromatic nitrogens is 2. The summed E-state index contributed by atoms with van der Waals surface area (Å²) in [5, 5.41) is 20.2. The van der Waals surface area contributed by atoms with Crippen molar-refractivity contribution in [1.29, 1.82) is 0 Å². The average Bonchev–Trinajstić information content (AvgIpc) is 2.51. The summed E-state index contributed by atoms with van der Waals surface area (Å²) in [6.45, 7) is 10.6. The summed E-state index contributed by atoms with van der Waals surface area (Å²) in [6.07, 6.45) is 3.28. The molecule has 0 aliphatic rings. The van der Waals surface area contributed by atoms with Crippen molar-refractivity contribution in [2.75, 3.05) is 0 Å². The molecule has 0 unspecified atom stereocenters. The molecule has 0 aliphatic carbocycles. The first-order chi connectivity index (χ1) is 11.4. The molecule has 1 aromatic carbocycles. The van der Waals surface area contributed by atoms with Crippen LogP contribution in [-0.4, -0.2) is 38.9 Å². The second-order valence-electron chi connectivity index (χ2n) is 7.91. The summed E-state index contributed by atoms with van der Waals surface area (Å²) in [7, 11) is 0.382. The lowest BCUT2D eigenvalue weighted by atomic mass is 9.82. The zero-order valence-electron chi connectivity index (χ0n) is 15.9. The predicted molar refractivity (Wildman–Crippen MR) is 101 cm³/mol. The lowest BCUT2D eigenvalue weighted by Crippen LogP contribution is -2.49. The largest absolute Gasteiger partial charge is 0.427 e. The zero-order chi connectivity index (χ0) is 18.9. The lowest BCUT2D eigenvalue weighted by molar-refractivity contribution is -0.0893. The van der Waals surface area contributed by atoms with Crippen LogP contribution in [0.3, 0.4) is 0 Å². The summed E-state index contributed by atoms with van der Waals surface area (Å²) < 4.78 is 5.91. The van der Waals surface area contributed by atoms with Crippen LogP contribution in [0.25, 0.3) is 11.4 Å². The third kappa shape index (κ3) is 4.88. The Morgan fingerprint density at radius 2 is 1.56 bits per heavy atom. The van der Waals surface area contributed by atoms with Crippen molar-refractivity contribution in [1.82, 2.24) is 9.97 Å². The van der Waals surface area contributed by atoms with E-state index in [1.54, 1.807) is 40.1 Å². The van der Waals surface area contributed by atoms with Gasteiger partial charge in [-0.25, -0.2) is 9.97 Å². The second-order valence-corrected chi connectivity index (χ2v) is 7.91. The van der Waals surface area contributed by atoms with E-state index in [1.807, 2.05) is 38.1 Å². The van der Waals surface area contributed by atoms with E-state index >= 15 is 0 Å². The molecule has 1 heterocycles. The minimum atomic E-state index is -0.961. The number of hydrogen-bond acceptors (Lipinski definition) is 5. The fourth-order valence-electron chi connectivity index (χ4n) is 2.03. The van der Waals surface area contributed by atoms with Crippen molar-refractivity contribution in [3.8, 4) is 11.4 Å². The Bertz CT molecular complexity index is 717. The Kier molecular flexibility index (Phi) is 5.37. The Morgan fingerprint density at radius 1 is 0.960 bits per heavy atom. The molecular weight excluding hydrogens is 315 g/mol. The van der Waals surface area contributed by atoms with Crippen LogP contribution in [0, 0.1) is 0 Å². The molecule has 0 atom stereocenters. The Balaban J connectivity index is 2.16. The van der Waals surface area contributed by atoms with Gasteiger partial charge in [-0.3, -0.25) is 0 Å². The van der Waals surface area contributed by atoms with Gasteiger partial charge in [0.2, 0.25) is 0 Å². The van der Waals surface area contributed by atoms with Gasteiger partial charge in [0.05, 0.1) is 16.8 Å². The van der Waals surface area contributed by atoms with E-state index in [-0.39, 0.29) is 0 Å². The highest BCUT2D eigenvalue weighted by Crippen LogP contribution is 2.24. The summed E-state index contributed by atoms with van der Waals surface area (Å²) in [6, 6.07) is 7.80. The Hall–Kier alpha value is -1.76. The van der Waals surface area contributed by atoms with Gasteiger partial charge in [0.1, 0.15) is 0 Å². The molecule has 0 fully saturated rings. The van der Waals surface area contributed by atoms with Gasteiger partial charge >= 0.3 is 7.48 Å². The van der Waals surface area contributed by atoms with Crippen molar-refractivity contribution in [2.24, 2.45) is 0 Å². The highest BCUT2D eigenvalue weighted by molar-refractivity contribution is 6.47. The smallest absolute Gasteiger partial charge is 0.309 e. The van der Waals surface area contributed by atoms with E-state index in [0.717, 1.165) is 11.0 Å². The third-order valence-corrected chi connectivity index (χ3v) is 4.62. The zero-order valence-corrected chi connectivity index (χ0v) is 15.9. The van der Waals surface area contributed by atoms with E-state index in [0.29, 0.717) is 18.9 Å². The van der Waals surface area contributed by atoms with Crippen molar-refractivity contribution in [3.63, 3.8) is 0 Å². The lowest BCUT2D eigenvalue weighted by Gasteiger charge is -2.37. The number of benzene rings is 1. The van der Waals surface area contributed by atoms with E-state index in [4.69, 9.17) is 4.65 Å². The monoisotopic (exact) mass is 342 g/mol. The number of hydrogen-bond donors (Lipinski definition) is 2. The summed E-state index contributed by atoms with van der Waals surface area (Å²) in [5.41, 5.74) is -0.0529. The number of nitrogens with zero attached hydrogens (tertiary/aromatic N) is 2. The van der Waals surface area contributed by atoms with Crippen molar-refractivity contribution < 1.29 is 14.9 Å². The maximum atomic E-state index is 10.2. The number of aliphatic hydroxyl groups is 2. The normalized spacial score (nSPS) is 13.0. The van der Waals surface area contributed by atoms with Gasteiger partial charge in [0, 0.05) is 23.5 Å². The van der Waals surface area contributed by atoms with Gasteiger partial charge in [0.25, 0.3) is 0 Å². The molecule has 134 valence electrons. The minimum absolute atomic E-state index is 0.382. The molecule has 25 heavy (non-hydrogen) atoms. The van der Waals surface area contributed by atoms with Gasteiger partial charge < -0.3 is 14.9 Å². The minimum Gasteiger partial charge on any atom is -0.427 e. The van der Waals surface area contributed by atoms with Gasteiger partial charge in [-0.2, -0.15) is 0 Å². The molecule has 0 saturated carbocycles. The molecular formula is C19H27BN2O3. The van der Waals surface area contributed by atoms with Crippen LogP contribution in [0.2, 0.25) is 0 Å². The molecule has 2 aromatic rings. The molecule has 0 radical (unpaired) electrons. The fourth-order valence-corrected chi connectivity index (χ4v) is 2.03. The summed E-state index contributed by atoms with van der Waals surface area (Å²) in [5.74, 6) is 0.594. The van der Waals surface area contributed by atoms with Crippen molar-refractivity contribution in [3.05, 3.63) is 42.2 Å². The van der Waals surface area contributed by atoms with Crippen LogP contribution in [0.15, 0.2) is 36.7 Å². The fraction of sp³-hybridized carbons (Fsp3) is 0.474. The van der Waals surface area contributed by atoms with E-state index in [9.17, 15) is 10.2 Å². The van der Waals surface area contributed by atoms with Crippen LogP contribution in [0.1, 0.15) is 47.1 Å². The molecule has 0 amide bonds. The molecule has 2 rings (SSSR count). The van der Waals surface area contributed by atoms with Gasteiger partial charge in [-0.1, -0.05) is 29.7 Å². The first-order valence-electron chi connectivity index (χ1n) is 8.41. The van der Waals surface area contributed by atoms with Crippen molar-refractivity contribution in [2.45, 2.75) is 58.3 Å². The molecule has 0 aliphatic heterocycles. The first kappa shape index (κ1) is 19.6. The predicted octanol–water partition coefficient (Wildman–Crippen LogP) is 1.91. The molecule has 6 heteroatoms. The molecule has 0 bridgehead atoms. The van der Waals surface area contributed by atoms with Gasteiger partial charge in [-0.05, 0) is 41.5 Å². The molecule has 1 aromatic heterocycles. The quantitative estimate of drug-likeness (QED) is 0.785. The van der Waals surface area contributed by atoms with E-state index < -0.39 is 16.8 Å². The van der Waals surface area contributed by atoms with Crippen LogP contribution in [0.5, 0.6) is 0 Å². The Morgan fingerprint density at radius 3 is 2.08 bits per heavy atom. The molecule has 5 nitrogen and oxygen atoms in total. The molecule has 0 saturated heterocycles. The second kappa shape index (κ2) is 6.86. The average molecular weight is 342 g/mol. The highest BCUT2D eigenvalue weighted by atomic mass is 16.5. The molecule has 0 spiro atoms. The molecule has 2 N–H and O–H groups in total. The van der Waals surface area contributed by atoms with E-state index in [1.165, 1.54) is 0 Å². The van der Waals surface area contributed by atoms with Crippen LogP contribution in [0.4, 0.5) is 0 Å². The topological polar surface area (TPSA) is 75.5 Å².